The maximum Gasteiger partial charge on any atom is 0.0940 e. The van der Waals surface area contributed by atoms with Gasteiger partial charge in [0.05, 0.1) is 12.1 Å². The summed E-state index contributed by atoms with van der Waals surface area (Å²) in [5.74, 6) is 0. The SMILES string of the molecule is CCCCN(CCC(N)C#N)C(C)CC. The molecule has 0 amide bonds. The highest BCUT2D eigenvalue weighted by atomic mass is 15.1. The van der Waals surface area contributed by atoms with Gasteiger partial charge in [0.25, 0.3) is 0 Å². The van der Waals surface area contributed by atoms with Crippen molar-refractivity contribution in [3.05, 3.63) is 0 Å². The molecule has 3 nitrogen and oxygen atoms in total. The van der Waals surface area contributed by atoms with Gasteiger partial charge in [0.1, 0.15) is 0 Å². The summed E-state index contributed by atoms with van der Waals surface area (Å²) in [5, 5.41) is 8.63. The van der Waals surface area contributed by atoms with Crippen LogP contribution in [0.5, 0.6) is 0 Å². The first kappa shape index (κ1) is 14.4. The summed E-state index contributed by atoms with van der Waals surface area (Å²) in [6.07, 6.45) is 4.39. The third kappa shape index (κ3) is 6.48. The summed E-state index contributed by atoms with van der Waals surface area (Å²) in [6.45, 7) is 8.73. The van der Waals surface area contributed by atoms with Gasteiger partial charge in [-0.1, -0.05) is 20.3 Å². The number of hydrogen-bond donors (Lipinski definition) is 1. The molecule has 0 aromatic carbocycles. The predicted molar refractivity (Wildman–Crippen MR) is 64.4 cm³/mol. The van der Waals surface area contributed by atoms with Crippen molar-refractivity contribution in [3.63, 3.8) is 0 Å². The van der Waals surface area contributed by atoms with E-state index in [9.17, 15) is 0 Å². The molecular formula is C12H25N3. The Labute approximate surface area is 94.2 Å². The molecule has 0 heterocycles. The fourth-order valence-corrected chi connectivity index (χ4v) is 1.54. The molecule has 15 heavy (non-hydrogen) atoms. The smallest absolute Gasteiger partial charge is 0.0940 e. The van der Waals surface area contributed by atoms with E-state index in [1.165, 1.54) is 12.8 Å². The van der Waals surface area contributed by atoms with Gasteiger partial charge in [-0.2, -0.15) is 5.26 Å². The van der Waals surface area contributed by atoms with Crippen molar-refractivity contribution < 1.29 is 0 Å². The van der Waals surface area contributed by atoms with Gasteiger partial charge in [-0.3, -0.25) is 0 Å². The lowest BCUT2D eigenvalue weighted by atomic mass is 10.1. The summed E-state index contributed by atoms with van der Waals surface area (Å²) >= 11 is 0. The number of hydrogen-bond acceptors (Lipinski definition) is 3. The van der Waals surface area contributed by atoms with Crippen LogP contribution in [0.1, 0.15) is 46.5 Å². The quantitative estimate of drug-likeness (QED) is 0.669. The molecule has 2 atom stereocenters. The van der Waals surface area contributed by atoms with Gasteiger partial charge in [-0.25, -0.2) is 0 Å². The van der Waals surface area contributed by atoms with E-state index < -0.39 is 0 Å². The largest absolute Gasteiger partial charge is 0.316 e. The molecule has 0 rings (SSSR count). The molecule has 0 aliphatic rings. The van der Waals surface area contributed by atoms with Gasteiger partial charge >= 0.3 is 0 Å². The number of nitrogens with zero attached hydrogens (tertiary/aromatic N) is 2. The lowest BCUT2D eigenvalue weighted by molar-refractivity contribution is 0.197. The van der Waals surface area contributed by atoms with Crippen LogP contribution in [0.2, 0.25) is 0 Å². The molecule has 0 spiro atoms. The molecule has 0 aliphatic carbocycles. The van der Waals surface area contributed by atoms with Gasteiger partial charge in [-0.15, -0.1) is 0 Å². The minimum atomic E-state index is -0.307. The zero-order chi connectivity index (χ0) is 11.7. The van der Waals surface area contributed by atoms with Crippen molar-refractivity contribution in [1.82, 2.24) is 4.90 Å². The monoisotopic (exact) mass is 211 g/mol. The van der Waals surface area contributed by atoms with Gasteiger partial charge in [0.15, 0.2) is 0 Å². The molecule has 2 unspecified atom stereocenters. The third-order valence-corrected chi connectivity index (χ3v) is 2.91. The second kappa shape index (κ2) is 8.70. The molecular weight excluding hydrogens is 186 g/mol. The van der Waals surface area contributed by atoms with Crippen LogP contribution in [0.15, 0.2) is 0 Å². The third-order valence-electron chi connectivity index (χ3n) is 2.91. The number of rotatable bonds is 8. The molecule has 0 aromatic heterocycles. The van der Waals surface area contributed by atoms with Gasteiger partial charge in [-0.05, 0) is 32.7 Å². The zero-order valence-corrected chi connectivity index (χ0v) is 10.4. The van der Waals surface area contributed by atoms with Crippen LogP contribution in [0.25, 0.3) is 0 Å². The molecule has 0 saturated carbocycles. The molecule has 0 aliphatic heterocycles. The van der Waals surface area contributed by atoms with E-state index in [2.05, 4.69) is 31.7 Å². The lowest BCUT2D eigenvalue weighted by Gasteiger charge is -2.28. The van der Waals surface area contributed by atoms with Crippen LogP contribution in [-0.4, -0.2) is 30.1 Å². The maximum atomic E-state index is 8.63. The average Bonchev–Trinajstić information content (AvgIpc) is 2.27. The number of unbranched alkanes of at least 4 members (excludes halogenated alkanes) is 1. The summed E-state index contributed by atoms with van der Waals surface area (Å²) < 4.78 is 0. The molecule has 3 heteroatoms. The molecule has 0 fully saturated rings. The van der Waals surface area contributed by atoms with E-state index in [4.69, 9.17) is 11.0 Å². The van der Waals surface area contributed by atoms with Crippen LogP contribution in [0.4, 0.5) is 0 Å². The summed E-state index contributed by atoms with van der Waals surface area (Å²) in [6, 6.07) is 2.38. The highest BCUT2D eigenvalue weighted by molar-refractivity contribution is 4.87. The van der Waals surface area contributed by atoms with Crippen molar-refractivity contribution >= 4 is 0 Å². The molecule has 88 valence electrons. The Morgan fingerprint density at radius 1 is 1.33 bits per heavy atom. The normalized spacial score (nSPS) is 14.9. The topological polar surface area (TPSA) is 53.0 Å². The Hall–Kier alpha value is -0.590. The number of nitrogens with two attached hydrogens (primary N) is 1. The highest BCUT2D eigenvalue weighted by Gasteiger charge is 2.12. The Bertz CT molecular complexity index is 186. The van der Waals surface area contributed by atoms with Crippen molar-refractivity contribution in [2.45, 2.75) is 58.5 Å². The Kier molecular flexibility index (Phi) is 8.35. The predicted octanol–water partition coefficient (Wildman–Crippen LogP) is 2.13. The molecule has 0 saturated heterocycles. The van der Waals surface area contributed by atoms with Gasteiger partial charge in [0, 0.05) is 12.6 Å². The van der Waals surface area contributed by atoms with E-state index in [0.29, 0.717) is 6.04 Å². The second-order valence-electron chi connectivity index (χ2n) is 4.17. The van der Waals surface area contributed by atoms with E-state index in [1.807, 2.05) is 0 Å². The van der Waals surface area contributed by atoms with E-state index in [-0.39, 0.29) is 6.04 Å². The maximum absolute atomic E-state index is 8.63. The molecule has 0 radical (unpaired) electrons. The lowest BCUT2D eigenvalue weighted by Crippen LogP contribution is -2.36. The van der Waals surface area contributed by atoms with Crippen molar-refractivity contribution in [1.29, 1.82) is 5.26 Å². The average molecular weight is 211 g/mol. The zero-order valence-electron chi connectivity index (χ0n) is 10.4. The van der Waals surface area contributed by atoms with Crippen LogP contribution >= 0.6 is 0 Å². The van der Waals surface area contributed by atoms with Gasteiger partial charge in [0.2, 0.25) is 0 Å². The van der Waals surface area contributed by atoms with Gasteiger partial charge < -0.3 is 10.6 Å². The standard InChI is InChI=1S/C12H25N3/c1-4-6-8-15(11(3)5-2)9-7-12(14)10-13/h11-12H,4-9,14H2,1-3H3. The first-order valence-electron chi connectivity index (χ1n) is 6.04. The first-order chi connectivity index (χ1) is 7.15. The first-order valence-corrected chi connectivity index (χ1v) is 6.04. The fraction of sp³-hybridized carbons (Fsp3) is 0.917. The highest BCUT2D eigenvalue weighted by Crippen LogP contribution is 2.07. The Balaban J connectivity index is 3.95. The second-order valence-corrected chi connectivity index (χ2v) is 4.17. The van der Waals surface area contributed by atoms with Crippen molar-refractivity contribution in [2.24, 2.45) is 5.73 Å². The summed E-state index contributed by atoms with van der Waals surface area (Å²) in [4.78, 5) is 2.45. The van der Waals surface area contributed by atoms with E-state index in [0.717, 1.165) is 25.9 Å². The van der Waals surface area contributed by atoms with Crippen molar-refractivity contribution in [3.8, 4) is 6.07 Å². The summed E-state index contributed by atoms with van der Waals surface area (Å²) in [5.41, 5.74) is 5.60. The van der Waals surface area contributed by atoms with Crippen molar-refractivity contribution in [2.75, 3.05) is 13.1 Å². The van der Waals surface area contributed by atoms with E-state index in [1.54, 1.807) is 0 Å². The minimum absolute atomic E-state index is 0.307. The Morgan fingerprint density at radius 2 is 2.00 bits per heavy atom. The van der Waals surface area contributed by atoms with Crippen LogP contribution in [-0.2, 0) is 0 Å². The fourth-order valence-electron chi connectivity index (χ4n) is 1.54. The minimum Gasteiger partial charge on any atom is -0.316 e. The molecule has 0 bridgehead atoms. The molecule has 0 aromatic rings. The molecule has 2 N–H and O–H groups in total. The summed E-state index contributed by atoms with van der Waals surface area (Å²) in [7, 11) is 0. The number of nitriles is 1. The van der Waals surface area contributed by atoms with Crippen LogP contribution in [0.3, 0.4) is 0 Å². The van der Waals surface area contributed by atoms with E-state index >= 15 is 0 Å². The van der Waals surface area contributed by atoms with Crippen LogP contribution in [0, 0.1) is 11.3 Å². The Morgan fingerprint density at radius 3 is 2.47 bits per heavy atom. The van der Waals surface area contributed by atoms with Crippen LogP contribution < -0.4 is 5.73 Å².